The van der Waals surface area contributed by atoms with Crippen molar-refractivity contribution in [2.24, 2.45) is 0 Å². The van der Waals surface area contributed by atoms with E-state index in [1.54, 1.807) is 12.1 Å². The number of benzene rings is 2. The number of nitrogens with one attached hydrogen (secondary N) is 1. The Hall–Kier alpha value is -2.26. The Morgan fingerprint density at radius 1 is 1.08 bits per heavy atom. The van der Waals surface area contributed by atoms with Gasteiger partial charge in [0.05, 0.1) is 0 Å². The second-order valence-corrected chi connectivity index (χ2v) is 7.20. The van der Waals surface area contributed by atoms with Crippen molar-refractivity contribution in [1.82, 2.24) is 9.88 Å². The van der Waals surface area contributed by atoms with Crippen LogP contribution in [-0.4, -0.2) is 34.1 Å². The van der Waals surface area contributed by atoms with E-state index in [4.69, 9.17) is 0 Å². The van der Waals surface area contributed by atoms with E-state index >= 15 is 0 Å². The molecule has 1 aromatic heterocycles. The summed E-state index contributed by atoms with van der Waals surface area (Å²) >= 11 is 0. The average Bonchev–Trinajstić information content (AvgIpc) is 3.00. The van der Waals surface area contributed by atoms with Crippen LogP contribution in [0.2, 0.25) is 0 Å². The van der Waals surface area contributed by atoms with Gasteiger partial charge in [-0.2, -0.15) is 0 Å². The summed E-state index contributed by atoms with van der Waals surface area (Å²) < 4.78 is 0. The summed E-state index contributed by atoms with van der Waals surface area (Å²) in [7, 11) is 0. The topological polar surface area (TPSA) is 39.3 Å². The standard InChI is InChI=1S/C22H26N2O/c1-16-6-4-5-14-24(16)15-13-20-19-7-2-3-8-21(19)23-22(20)17-9-11-18(25)12-10-17/h2-3,7-12,16,23,25H,4-6,13-15H2,1H3. The van der Waals surface area contributed by atoms with Crippen LogP contribution in [0.25, 0.3) is 22.2 Å². The minimum absolute atomic E-state index is 0.309. The second-order valence-electron chi connectivity index (χ2n) is 7.20. The number of phenols is 1. The fourth-order valence-electron chi connectivity index (χ4n) is 4.08. The van der Waals surface area contributed by atoms with Gasteiger partial charge in [0.25, 0.3) is 0 Å². The van der Waals surface area contributed by atoms with Crippen LogP contribution in [0.3, 0.4) is 0 Å². The second kappa shape index (κ2) is 6.93. The zero-order valence-corrected chi connectivity index (χ0v) is 14.8. The Morgan fingerprint density at radius 3 is 2.68 bits per heavy atom. The first-order valence-corrected chi connectivity index (χ1v) is 9.35. The van der Waals surface area contributed by atoms with E-state index in [1.165, 1.54) is 48.0 Å². The number of piperidine rings is 1. The Morgan fingerprint density at radius 2 is 1.88 bits per heavy atom. The Bertz CT molecular complexity index is 850. The van der Waals surface area contributed by atoms with Gasteiger partial charge < -0.3 is 15.0 Å². The summed E-state index contributed by atoms with van der Waals surface area (Å²) in [4.78, 5) is 6.23. The Kier molecular flexibility index (Phi) is 4.50. The van der Waals surface area contributed by atoms with Crippen molar-refractivity contribution in [3.8, 4) is 17.0 Å². The third-order valence-electron chi connectivity index (χ3n) is 5.56. The van der Waals surface area contributed by atoms with Gasteiger partial charge in [-0.15, -0.1) is 0 Å². The molecule has 2 aromatic carbocycles. The molecule has 0 aliphatic carbocycles. The Balaban J connectivity index is 1.68. The highest BCUT2D eigenvalue weighted by Gasteiger charge is 2.20. The zero-order chi connectivity index (χ0) is 17.2. The molecule has 0 saturated carbocycles. The van der Waals surface area contributed by atoms with Gasteiger partial charge in [0.15, 0.2) is 0 Å². The third kappa shape index (κ3) is 3.29. The van der Waals surface area contributed by atoms with Crippen LogP contribution in [0.4, 0.5) is 0 Å². The molecule has 3 heteroatoms. The molecule has 25 heavy (non-hydrogen) atoms. The van der Waals surface area contributed by atoms with E-state index in [9.17, 15) is 5.11 Å². The number of rotatable bonds is 4. The van der Waals surface area contributed by atoms with Crippen LogP contribution in [0.15, 0.2) is 48.5 Å². The van der Waals surface area contributed by atoms with Gasteiger partial charge in [0, 0.05) is 29.2 Å². The van der Waals surface area contributed by atoms with E-state index < -0.39 is 0 Å². The van der Waals surface area contributed by atoms with Crippen LogP contribution >= 0.6 is 0 Å². The normalized spacial score (nSPS) is 18.7. The van der Waals surface area contributed by atoms with Crippen LogP contribution in [0.5, 0.6) is 5.75 Å². The van der Waals surface area contributed by atoms with E-state index in [0.29, 0.717) is 11.8 Å². The van der Waals surface area contributed by atoms with Crippen molar-refractivity contribution in [2.45, 2.75) is 38.6 Å². The highest BCUT2D eigenvalue weighted by Crippen LogP contribution is 2.32. The smallest absolute Gasteiger partial charge is 0.115 e. The highest BCUT2D eigenvalue weighted by molar-refractivity contribution is 5.90. The quantitative estimate of drug-likeness (QED) is 0.708. The SMILES string of the molecule is CC1CCCCN1CCc1c(-c2ccc(O)cc2)[nH]c2ccccc12. The molecule has 1 aliphatic heterocycles. The number of hydrogen-bond donors (Lipinski definition) is 2. The fourth-order valence-corrected chi connectivity index (χ4v) is 4.08. The number of aromatic nitrogens is 1. The molecule has 1 atom stereocenters. The van der Waals surface area contributed by atoms with Crippen LogP contribution in [0, 0.1) is 0 Å². The van der Waals surface area contributed by atoms with Crippen LogP contribution in [0.1, 0.15) is 31.7 Å². The highest BCUT2D eigenvalue weighted by atomic mass is 16.3. The first-order chi connectivity index (χ1) is 12.2. The summed E-state index contributed by atoms with van der Waals surface area (Å²) in [6, 6.07) is 16.8. The number of aromatic amines is 1. The zero-order valence-electron chi connectivity index (χ0n) is 14.8. The molecular weight excluding hydrogens is 308 g/mol. The van der Waals surface area contributed by atoms with E-state index in [1.807, 2.05) is 12.1 Å². The molecule has 0 radical (unpaired) electrons. The molecule has 0 amide bonds. The summed E-state index contributed by atoms with van der Waals surface area (Å²) in [6.45, 7) is 4.68. The number of hydrogen-bond acceptors (Lipinski definition) is 2. The number of para-hydroxylation sites is 1. The van der Waals surface area contributed by atoms with Crippen LogP contribution in [-0.2, 0) is 6.42 Å². The summed E-state index contributed by atoms with van der Waals surface area (Å²) in [6.07, 6.45) is 5.05. The number of likely N-dealkylation sites (tertiary alicyclic amines) is 1. The Labute approximate surface area is 149 Å². The molecule has 4 rings (SSSR count). The van der Waals surface area contributed by atoms with E-state index in [2.05, 4.69) is 41.1 Å². The van der Waals surface area contributed by atoms with Gasteiger partial charge in [0.1, 0.15) is 5.75 Å². The lowest BCUT2D eigenvalue weighted by molar-refractivity contribution is 0.163. The molecular formula is C22H26N2O. The number of phenolic OH excluding ortho intramolecular Hbond substituents is 1. The van der Waals surface area contributed by atoms with Crippen LogP contribution < -0.4 is 0 Å². The van der Waals surface area contributed by atoms with Gasteiger partial charge >= 0.3 is 0 Å². The van der Waals surface area contributed by atoms with Crippen molar-refractivity contribution in [2.75, 3.05) is 13.1 Å². The molecule has 1 unspecified atom stereocenters. The van der Waals surface area contributed by atoms with E-state index in [-0.39, 0.29) is 0 Å². The van der Waals surface area contributed by atoms with Gasteiger partial charge in [0.2, 0.25) is 0 Å². The molecule has 2 heterocycles. The summed E-state index contributed by atoms with van der Waals surface area (Å²) in [5, 5.41) is 10.9. The number of fused-ring (bicyclic) bond motifs is 1. The lowest BCUT2D eigenvalue weighted by Crippen LogP contribution is -2.38. The molecule has 3 nitrogen and oxygen atoms in total. The van der Waals surface area contributed by atoms with Gasteiger partial charge in [-0.25, -0.2) is 0 Å². The summed E-state index contributed by atoms with van der Waals surface area (Å²) in [5.41, 5.74) is 4.90. The molecule has 130 valence electrons. The minimum atomic E-state index is 0.309. The van der Waals surface area contributed by atoms with Crippen molar-refractivity contribution in [3.05, 3.63) is 54.1 Å². The first-order valence-electron chi connectivity index (χ1n) is 9.35. The molecule has 1 saturated heterocycles. The van der Waals surface area contributed by atoms with E-state index in [0.717, 1.165) is 18.5 Å². The molecule has 3 aromatic rings. The minimum Gasteiger partial charge on any atom is -0.508 e. The molecule has 1 aliphatic rings. The first kappa shape index (κ1) is 16.2. The van der Waals surface area contributed by atoms with Gasteiger partial charge in [-0.3, -0.25) is 0 Å². The van der Waals surface area contributed by atoms with Crippen molar-refractivity contribution < 1.29 is 5.11 Å². The van der Waals surface area contributed by atoms with Crippen molar-refractivity contribution in [3.63, 3.8) is 0 Å². The number of aromatic hydroxyl groups is 1. The number of H-pyrrole nitrogens is 1. The lowest BCUT2D eigenvalue weighted by Gasteiger charge is -2.33. The van der Waals surface area contributed by atoms with Gasteiger partial charge in [-0.05, 0) is 74.2 Å². The maximum atomic E-state index is 9.60. The maximum absolute atomic E-state index is 9.60. The predicted octanol–water partition coefficient (Wildman–Crippen LogP) is 4.96. The molecule has 0 bridgehead atoms. The molecule has 1 fully saturated rings. The maximum Gasteiger partial charge on any atom is 0.115 e. The predicted molar refractivity (Wildman–Crippen MR) is 104 cm³/mol. The lowest BCUT2D eigenvalue weighted by atomic mass is 10.00. The molecule has 2 N–H and O–H groups in total. The number of nitrogens with zero attached hydrogens (tertiary/aromatic N) is 1. The molecule has 0 spiro atoms. The monoisotopic (exact) mass is 334 g/mol. The fraction of sp³-hybridized carbons (Fsp3) is 0.364. The summed E-state index contributed by atoms with van der Waals surface area (Å²) in [5.74, 6) is 0.309. The van der Waals surface area contributed by atoms with Crippen molar-refractivity contribution in [1.29, 1.82) is 0 Å². The third-order valence-corrected chi connectivity index (χ3v) is 5.56. The van der Waals surface area contributed by atoms with Crippen molar-refractivity contribution >= 4 is 10.9 Å². The van der Waals surface area contributed by atoms with Gasteiger partial charge in [-0.1, -0.05) is 24.6 Å². The average molecular weight is 334 g/mol. The largest absolute Gasteiger partial charge is 0.508 e.